The Kier molecular flexibility index (Phi) is 16.1. The van der Waals surface area contributed by atoms with Gasteiger partial charge in [-0.05, 0) is 121 Å². The van der Waals surface area contributed by atoms with E-state index >= 15 is 0 Å². The smallest absolute Gasteiger partial charge is 0.343 e. The number of aryl methyl sites for hydroxylation is 1. The number of hydrazone groups is 1. The zero-order chi connectivity index (χ0) is 41.9. The molecule has 0 aliphatic carbocycles. The van der Waals surface area contributed by atoms with Gasteiger partial charge in [-0.25, -0.2) is 19.4 Å². The average Bonchev–Trinajstić information content (AvgIpc) is 3.70. The van der Waals surface area contributed by atoms with E-state index in [9.17, 15) is 14.4 Å². The number of anilines is 1. The van der Waals surface area contributed by atoms with E-state index in [0.717, 1.165) is 65.1 Å². The molecular weight excluding hydrogens is 775 g/mol. The third kappa shape index (κ3) is 13.0. The number of esters is 3. The molecule has 0 fully saturated rings. The number of fused-ring (bicyclic) bond motifs is 1. The van der Waals surface area contributed by atoms with E-state index in [1.54, 1.807) is 48.7 Å². The van der Waals surface area contributed by atoms with Crippen LogP contribution < -0.4 is 14.9 Å². The highest BCUT2D eigenvalue weighted by Crippen LogP contribution is 2.27. The molecule has 5 aromatic carbocycles. The van der Waals surface area contributed by atoms with Crippen LogP contribution in [0.15, 0.2) is 133 Å². The number of benzene rings is 5. The minimum atomic E-state index is -0.538. The molecule has 0 saturated carbocycles. The summed E-state index contributed by atoms with van der Waals surface area (Å²) in [7, 11) is 0. The molecule has 0 unspecified atom stereocenters. The summed E-state index contributed by atoms with van der Waals surface area (Å²) in [6.07, 6.45) is 10.1. The standard InChI is InChI=1S/C49H49N3O7S/c1-3-5-12-35-15-18-37(19-16-35)38-20-22-39(23-21-38)47(54)58-32-29-36-17-28-44(41(33-36)34-50-52-49-51-43-13-8-9-14-45(43)60-49)59-48(55)40-24-26-42(27-25-40)56-30-10-6-7-11-31-57-46(53)4-2/h4,8-9,13-28,33-34H,2-3,5-7,10-12,29-32H2,1H3,(H,51,52)/b50-34+. The van der Waals surface area contributed by atoms with Crippen molar-refractivity contribution in [3.8, 4) is 22.6 Å². The molecule has 6 aromatic rings. The van der Waals surface area contributed by atoms with Crippen molar-refractivity contribution in [2.24, 2.45) is 5.10 Å². The number of nitrogens with one attached hydrogen (secondary N) is 1. The first-order valence-corrected chi connectivity index (χ1v) is 21.1. The van der Waals surface area contributed by atoms with Crippen LogP contribution >= 0.6 is 11.3 Å². The Labute approximate surface area is 354 Å². The molecule has 6 rings (SSSR count). The Bertz CT molecular complexity index is 2340. The lowest BCUT2D eigenvalue weighted by molar-refractivity contribution is -0.137. The number of carbonyl (C=O) groups excluding carboxylic acids is 3. The van der Waals surface area contributed by atoms with E-state index in [1.165, 1.54) is 29.7 Å². The van der Waals surface area contributed by atoms with Crippen molar-refractivity contribution in [1.29, 1.82) is 0 Å². The Morgan fingerprint density at radius 2 is 1.40 bits per heavy atom. The van der Waals surface area contributed by atoms with Crippen molar-refractivity contribution in [1.82, 2.24) is 4.98 Å². The van der Waals surface area contributed by atoms with E-state index in [-0.39, 0.29) is 6.61 Å². The number of nitrogens with zero attached hydrogens (tertiary/aromatic N) is 2. The van der Waals surface area contributed by atoms with Crippen molar-refractivity contribution >= 4 is 50.8 Å². The van der Waals surface area contributed by atoms with E-state index in [4.69, 9.17) is 18.9 Å². The summed E-state index contributed by atoms with van der Waals surface area (Å²) in [5, 5.41) is 5.04. The molecule has 10 nitrogen and oxygen atoms in total. The number of carbonyl (C=O) groups is 3. The second-order valence-corrected chi connectivity index (χ2v) is 15.1. The molecule has 0 spiro atoms. The largest absolute Gasteiger partial charge is 0.494 e. The first kappa shape index (κ1) is 43.0. The van der Waals surface area contributed by atoms with Gasteiger partial charge in [-0.3, -0.25) is 5.43 Å². The molecule has 0 saturated heterocycles. The maximum absolute atomic E-state index is 13.3. The SMILES string of the molecule is C=CC(=O)OCCCCCCOc1ccc(C(=O)Oc2ccc(CCOC(=O)c3ccc(-c4ccc(CCCC)cc4)cc3)cc2/C=N/Nc2nc3ccccc3s2)cc1. The van der Waals surface area contributed by atoms with Crippen LogP contribution in [0.25, 0.3) is 21.3 Å². The van der Waals surface area contributed by atoms with Crippen molar-refractivity contribution in [3.05, 3.63) is 156 Å². The Morgan fingerprint density at radius 3 is 2.13 bits per heavy atom. The van der Waals surface area contributed by atoms with Gasteiger partial charge in [0.15, 0.2) is 0 Å². The van der Waals surface area contributed by atoms with Gasteiger partial charge in [-0.2, -0.15) is 5.10 Å². The molecule has 0 aliphatic rings. The summed E-state index contributed by atoms with van der Waals surface area (Å²) in [6, 6.07) is 36.1. The zero-order valence-electron chi connectivity index (χ0n) is 33.8. The van der Waals surface area contributed by atoms with Gasteiger partial charge in [0.1, 0.15) is 11.5 Å². The number of unbranched alkanes of at least 4 members (excludes halogenated alkanes) is 4. The lowest BCUT2D eigenvalue weighted by atomic mass is 10.0. The average molecular weight is 824 g/mol. The van der Waals surface area contributed by atoms with Gasteiger partial charge in [0.2, 0.25) is 5.13 Å². The first-order chi connectivity index (χ1) is 29.4. The summed E-state index contributed by atoms with van der Waals surface area (Å²) in [4.78, 5) is 42.0. The molecule has 0 bridgehead atoms. The van der Waals surface area contributed by atoms with E-state index in [2.05, 4.69) is 53.3 Å². The molecule has 60 heavy (non-hydrogen) atoms. The predicted molar refractivity (Wildman–Crippen MR) is 238 cm³/mol. The zero-order valence-corrected chi connectivity index (χ0v) is 34.6. The van der Waals surface area contributed by atoms with Gasteiger partial charge in [0, 0.05) is 18.1 Å². The molecule has 1 N–H and O–H groups in total. The number of para-hydroxylation sites is 1. The molecule has 11 heteroatoms. The Hall–Kier alpha value is -6.59. The maximum atomic E-state index is 13.3. The van der Waals surface area contributed by atoms with Crippen LogP contribution in [-0.2, 0) is 27.1 Å². The maximum Gasteiger partial charge on any atom is 0.343 e. The minimum Gasteiger partial charge on any atom is -0.494 e. The Morgan fingerprint density at radius 1 is 0.717 bits per heavy atom. The molecule has 0 aliphatic heterocycles. The van der Waals surface area contributed by atoms with Crippen molar-refractivity contribution in [2.75, 3.05) is 25.2 Å². The van der Waals surface area contributed by atoms with Crippen LogP contribution in [0.1, 0.15) is 82.9 Å². The van der Waals surface area contributed by atoms with Crippen LogP contribution in [0.4, 0.5) is 5.13 Å². The number of hydrogen-bond donors (Lipinski definition) is 1. The summed E-state index contributed by atoms with van der Waals surface area (Å²) in [6.45, 7) is 6.64. The van der Waals surface area contributed by atoms with Gasteiger partial charge in [-0.15, -0.1) is 0 Å². The number of aromatic nitrogens is 1. The second-order valence-electron chi connectivity index (χ2n) is 14.0. The third-order valence-electron chi connectivity index (χ3n) is 9.59. The van der Waals surface area contributed by atoms with Crippen LogP contribution in [0.3, 0.4) is 0 Å². The summed E-state index contributed by atoms with van der Waals surface area (Å²) < 4.78 is 23.4. The van der Waals surface area contributed by atoms with Crippen LogP contribution in [-0.4, -0.2) is 48.9 Å². The highest BCUT2D eigenvalue weighted by molar-refractivity contribution is 7.22. The quantitative estimate of drug-likeness (QED) is 0.0178. The number of ether oxygens (including phenoxy) is 4. The number of thiazole rings is 1. The highest BCUT2D eigenvalue weighted by atomic mass is 32.1. The monoisotopic (exact) mass is 823 g/mol. The minimum absolute atomic E-state index is 0.154. The summed E-state index contributed by atoms with van der Waals surface area (Å²) in [5.41, 5.74) is 9.57. The van der Waals surface area contributed by atoms with Gasteiger partial charge >= 0.3 is 17.9 Å². The van der Waals surface area contributed by atoms with Crippen molar-refractivity contribution in [2.45, 2.75) is 58.3 Å². The van der Waals surface area contributed by atoms with Crippen LogP contribution in [0, 0.1) is 0 Å². The van der Waals surface area contributed by atoms with Gasteiger partial charge in [-0.1, -0.05) is 85.9 Å². The summed E-state index contributed by atoms with van der Waals surface area (Å²) >= 11 is 1.48. The van der Waals surface area contributed by atoms with E-state index < -0.39 is 17.9 Å². The third-order valence-corrected chi connectivity index (χ3v) is 10.5. The van der Waals surface area contributed by atoms with Gasteiger partial charge < -0.3 is 18.9 Å². The summed E-state index contributed by atoms with van der Waals surface area (Å²) in [5.74, 6) is -0.390. The molecule has 308 valence electrons. The number of rotatable bonds is 22. The van der Waals surface area contributed by atoms with Crippen LogP contribution in [0.2, 0.25) is 0 Å². The van der Waals surface area contributed by atoms with Crippen molar-refractivity contribution < 1.29 is 33.3 Å². The van der Waals surface area contributed by atoms with Crippen molar-refractivity contribution in [3.63, 3.8) is 0 Å². The second kappa shape index (κ2) is 22.5. The lowest BCUT2D eigenvalue weighted by Gasteiger charge is -2.11. The van der Waals surface area contributed by atoms with Gasteiger partial charge in [0.05, 0.1) is 47.4 Å². The molecule has 0 radical (unpaired) electrons. The fourth-order valence-corrected chi connectivity index (χ4v) is 7.05. The Balaban J connectivity index is 1.04. The van der Waals surface area contributed by atoms with E-state index in [1.807, 2.05) is 48.5 Å². The molecular formula is C49H49N3O7S. The van der Waals surface area contributed by atoms with Gasteiger partial charge in [0.25, 0.3) is 0 Å². The topological polar surface area (TPSA) is 125 Å². The lowest BCUT2D eigenvalue weighted by Crippen LogP contribution is -2.11. The molecule has 1 heterocycles. The molecule has 0 atom stereocenters. The molecule has 1 aromatic heterocycles. The van der Waals surface area contributed by atoms with E-state index in [0.29, 0.717) is 53.0 Å². The number of hydrogen-bond acceptors (Lipinski definition) is 11. The highest BCUT2D eigenvalue weighted by Gasteiger charge is 2.14. The van der Waals surface area contributed by atoms with Crippen LogP contribution in [0.5, 0.6) is 11.5 Å². The predicted octanol–water partition coefficient (Wildman–Crippen LogP) is 11.0. The fraction of sp³-hybridized carbons (Fsp3) is 0.245. The first-order valence-electron chi connectivity index (χ1n) is 20.3. The fourth-order valence-electron chi connectivity index (χ4n) is 6.24. The molecule has 0 amide bonds. The normalized spacial score (nSPS) is 11.0.